The molecule has 12 heavy (non-hydrogen) atoms. The molecule has 2 heterocycles. The molecule has 2 rings (SSSR count). The van der Waals surface area contributed by atoms with Gasteiger partial charge in [0.2, 0.25) is 0 Å². The second-order valence-corrected chi connectivity index (χ2v) is 4.54. The second kappa shape index (κ2) is 3.39. The molecule has 2 heteroatoms. The van der Waals surface area contributed by atoms with Crippen molar-refractivity contribution >= 4 is 11.6 Å². The predicted octanol–water partition coefficient (Wildman–Crippen LogP) is 2.76. The van der Waals surface area contributed by atoms with Crippen molar-refractivity contribution in [3.63, 3.8) is 0 Å². The van der Waals surface area contributed by atoms with Gasteiger partial charge >= 0.3 is 0 Å². The lowest BCUT2D eigenvalue weighted by atomic mass is 10.0. The zero-order valence-electron chi connectivity index (χ0n) is 7.43. The topological polar surface area (TPSA) is 3.24 Å². The number of hydrogen-bond acceptors (Lipinski definition) is 1. The average molecular weight is 186 g/mol. The van der Waals surface area contributed by atoms with Gasteiger partial charge in [0.25, 0.3) is 0 Å². The Bertz CT molecular complexity index is 174. The number of fused-ring (bicyclic) bond motifs is 2. The maximum absolute atomic E-state index is 5.83. The molecule has 0 N–H and O–H groups in total. The summed E-state index contributed by atoms with van der Waals surface area (Å²) in [5.41, 5.74) is 0. The van der Waals surface area contributed by atoms with Crippen LogP contribution in [0.5, 0.6) is 0 Å². The molecule has 2 aliphatic rings. The maximum atomic E-state index is 5.83. The van der Waals surface area contributed by atoms with E-state index >= 15 is 0 Å². The molecule has 0 aromatic carbocycles. The third-order valence-corrected chi connectivity index (χ3v) is 3.32. The molecule has 2 atom stereocenters. The molecule has 68 valence electrons. The number of halogens is 1. The fourth-order valence-corrected chi connectivity index (χ4v) is 2.82. The lowest BCUT2D eigenvalue weighted by Crippen LogP contribution is -2.40. The summed E-state index contributed by atoms with van der Waals surface area (Å²) in [4.78, 5) is 2.55. The smallest absolute Gasteiger partial charge is 0.0341 e. The van der Waals surface area contributed by atoms with Gasteiger partial charge in [0.1, 0.15) is 0 Å². The first-order valence-electron chi connectivity index (χ1n) is 4.86. The highest BCUT2D eigenvalue weighted by molar-refractivity contribution is 6.29. The fourth-order valence-electron chi connectivity index (χ4n) is 2.68. The van der Waals surface area contributed by atoms with Gasteiger partial charge in [-0.05, 0) is 25.7 Å². The molecule has 2 unspecified atom stereocenters. The Balaban J connectivity index is 2.00. The third-order valence-electron chi connectivity index (χ3n) is 3.20. The molecule has 0 aromatic rings. The van der Waals surface area contributed by atoms with Gasteiger partial charge < -0.3 is 0 Å². The zero-order valence-corrected chi connectivity index (χ0v) is 8.19. The van der Waals surface area contributed by atoms with Gasteiger partial charge in [-0.25, -0.2) is 0 Å². The van der Waals surface area contributed by atoms with Crippen molar-refractivity contribution in [2.24, 2.45) is 0 Å². The second-order valence-electron chi connectivity index (χ2n) is 4.01. The first kappa shape index (κ1) is 8.58. The van der Waals surface area contributed by atoms with E-state index in [-0.39, 0.29) is 0 Å². The van der Waals surface area contributed by atoms with Gasteiger partial charge in [-0.15, -0.1) is 0 Å². The first-order valence-corrected chi connectivity index (χ1v) is 5.24. The molecule has 0 aliphatic carbocycles. The van der Waals surface area contributed by atoms with E-state index < -0.39 is 0 Å². The molecule has 2 bridgehead atoms. The van der Waals surface area contributed by atoms with Crippen LogP contribution in [0.1, 0.15) is 32.1 Å². The minimum atomic E-state index is 0.800. The van der Waals surface area contributed by atoms with E-state index in [4.69, 9.17) is 11.6 Å². The molecule has 2 saturated heterocycles. The molecule has 2 fully saturated rings. The molecule has 0 aromatic heterocycles. The lowest BCUT2D eigenvalue weighted by Gasteiger charge is -2.34. The number of rotatable bonds is 2. The van der Waals surface area contributed by atoms with Gasteiger partial charge in [0, 0.05) is 23.7 Å². The third kappa shape index (κ3) is 1.53. The molecule has 1 nitrogen and oxygen atoms in total. The van der Waals surface area contributed by atoms with Crippen molar-refractivity contribution in [1.29, 1.82) is 0 Å². The Labute approximate surface area is 79.4 Å². The van der Waals surface area contributed by atoms with Crippen molar-refractivity contribution in [3.05, 3.63) is 11.6 Å². The number of hydrogen-bond donors (Lipinski definition) is 0. The lowest BCUT2D eigenvalue weighted by molar-refractivity contribution is 0.156. The molecular formula is C10H16ClN. The molecule has 0 amide bonds. The van der Waals surface area contributed by atoms with E-state index in [0.717, 1.165) is 23.7 Å². The van der Waals surface area contributed by atoms with E-state index in [1.54, 1.807) is 0 Å². The van der Waals surface area contributed by atoms with Crippen LogP contribution in [0.4, 0.5) is 0 Å². The largest absolute Gasteiger partial charge is 0.292 e. The van der Waals surface area contributed by atoms with Crippen LogP contribution in [0.2, 0.25) is 0 Å². The number of nitrogens with zero attached hydrogens (tertiary/aromatic N) is 1. The summed E-state index contributed by atoms with van der Waals surface area (Å²) >= 11 is 5.83. The van der Waals surface area contributed by atoms with Crippen LogP contribution >= 0.6 is 11.6 Å². The maximum Gasteiger partial charge on any atom is 0.0341 e. The van der Waals surface area contributed by atoms with Gasteiger partial charge in [-0.2, -0.15) is 0 Å². The van der Waals surface area contributed by atoms with Crippen LogP contribution in [0.15, 0.2) is 11.6 Å². The van der Waals surface area contributed by atoms with E-state index in [1.807, 2.05) is 0 Å². The summed E-state index contributed by atoms with van der Waals surface area (Å²) in [6, 6.07) is 1.64. The fraction of sp³-hybridized carbons (Fsp3) is 0.800. The highest BCUT2D eigenvalue weighted by Gasteiger charge is 2.35. The van der Waals surface area contributed by atoms with E-state index in [2.05, 4.69) is 11.5 Å². The minimum Gasteiger partial charge on any atom is -0.292 e. The monoisotopic (exact) mass is 185 g/mol. The van der Waals surface area contributed by atoms with Crippen molar-refractivity contribution in [1.82, 2.24) is 4.90 Å². The Morgan fingerprint density at radius 3 is 2.33 bits per heavy atom. The summed E-state index contributed by atoms with van der Waals surface area (Å²) in [5, 5.41) is 0.800. The van der Waals surface area contributed by atoms with E-state index in [0.29, 0.717) is 0 Å². The van der Waals surface area contributed by atoms with Crippen LogP contribution in [0.25, 0.3) is 0 Å². The van der Waals surface area contributed by atoms with Crippen LogP contribution in [0.3, 0.4) is 0 Å². The standard InChI is InChI=1S/C10H16ClN/c1-8(11)7-12-9-3-2-4-10(12)6-5-9/h9-10H,1-7H2. The van der Waals surface area contributed by atoms with Gasteiger partial charge in [-0.3, -0.25) is 4.90 Å². The Kier molecular flexibility index (Phi) is 2.42. The molecule has 2 aliphatic heterocycles. The van der Waals surface area contributed by atoms with E-state index in [9.17, 15) is 0 Å². The molecular weight excluding hydrogens is 170 g/mol. The Hall–Kier alpha value is -0.0100. The Morgan fingerprint density at radius 1 is 1.25 bits per heavy atom. The zero-order chi connectivity index (χ0) is 8.55. The van der Waals surface area contributed by atoms with Crippen LogP contribution in [-0.2, 0) is 0 Å². The van der Waals surface area contributed by atoms with Crippen molar-refractivity contribution in [2.75, 3.05) is 6.54 Å². The molecule has 0 spiro atoms. The van der Waals surface area contributed by atoms with Crippen LogP contribution < -0.4 is 0 Å². The van der Waals surface area contributed by atoms with Crippen LogP contribution in [-0.4, -0.2) is 23.5 Å². The predicted molar refractivity (Wildman–Crippen MR) is 52.4 cm³/mol. The van der Waals surface area contributed by atoms with Crippen molar-refractivity contribution in [3.8, 4) is 0 Å². The van der Waals surface area contributed by atoms with Crippen LogP contribution in [0, 0.1) is 0 Å². The summed E-state index contributed by atoms with van der Waals surface area (Å²) in [6.45, 7) is 4.68. The van der Waals surface area contributed by atoms with Crippen molar-refractivity contribution < 1.29 is 0 Å². The minimum absolute atomic E-state index is 0.800. The quantitative estimate of drug-likeness (QED) is 0.640. The number of piperidine rings is 1. The first-order chi connectivity index (χ1) is 5.77. The summed E-state index contributed by atoms with van der Waals surface area (Å²) < 4.78 is 0. The van der Waals surface area contributed by atoms with Gasteiger partial charge in [-0.1, -0.05) is 24.6 Å². The van der Waals surface area contributed by atoms with Gasteiger partial charge in [0.05, 0.1) is 0 Å². The van der Waals surface area contributed by atoms with Crippen molar-refractivity contribution in [2.45, 2.75) is 44.2 Å². The van der Waals surface area contributed by atoms with E-state index in [1.165, 1.54) is 32.1 Å². The average Bonchev–Trinajstić information content (AvgIpc) is 2.30. The van der Waals surface area contributed by atoms with Gasteiger partial charge in [0.15, 0.2) is 0 Å². The molecule has 0 radical (unpaired) electrons. The molecule has 0 saturated carbocycles. The SMILES string of the molecule is C=C(Cl)CN1C2CCCC1CC2. The summed E-state index contributed by atoms with van der Waals surface area (Å²) in [7, 11) is 0. The summed E-state index contributed by atoms with van der Waals surface area (Å²) in [6.07, 6.45) is 6.94. The Morgan fingerprint density at radius 2 is 1.83 bits per heavy atom. The highest BCUT2D eigenvalue weighted by Crippen LogP contribution is 2.35. The normalized spacial score (nSPS) is 35.4. The summed E-state index contributed by atoms with van der Waals surface area (Å²) in [5.74, 6) is 0. The highest BCUT2D eigenvalue weighted by atomic mass is 35.5.